The number of rotatable bonds is 3. The molecule has 0 N–H and O–H groups in total. The fourth-order valence-corrected chi connectivity index (χ4v) is 3.31. The summed E-state index contributed by atoms with van der Waals surface area (Å²) in [5, 5.41) is 0. The summed E-state index contributed by atoms with van der Waals surface area (Å²) in [6, 6.07) is 6.17. The smallest absolute Gasteiger partial charge is 0.221 e. The fraction of sp³-hybridized carbons (Fsp3) is 0.294. The molecule has 0 heterocycles. The second-order valence-corrected chi connectivity index (χ2v) is 6.56. The van der Waals surface area contributed by atoms with Gasteiger partial charge in [-0.25, -0.2) is 8.78 Å². The van der Waals surface area contributed by atoms with Crippen molar-refractivity contribution in [1.29, 1.82) is 0 Å². The standard InChI is InChI=1S/C17H8BrF10/c1-8-6-10(13(11(18)7-8)9-4-2-3-5-12(9)19)14(20,16(23,24)25)15(21,22)17(26,27)28/h2-6H,1H3. The van der Waals surface area contributed by atoms with Crippen LogP contribution in [0.25, 0.3) is 11.1 Å². The van der Waals surface area contributed by atoms with E-state index in [1.54, 1.807) is 0 Å². The Morgan fingerprint density at radius 3 is 1.86 bits per heavy atom. The SMILES string of the molecule is Cc1[c]c(Br)c(-c2ccccc2F)c(C(F)(C(F)(F)F)C(F)(F)C(F)(F)F)c1. The van der Waals surface area contributed by atoms with E-state index in [0.717, 1.165) is 31.2 Å². The third-order valence-corrected chi connectivity index (χ3v) is 4.44. The molecule has 0 saturated carbocycles. The van der Waals surface area contributed by atoms with Crippen molar-refractivity contribution in [2.45, 2.75) is 30.9 Å². The van der Waals surface area contributed by atoms with Crippen molar-refractivity contribution >= 4 is 15.9 Å². The summed E-state index contributed by atoms with van der Waals surface area (Å²) in [6.45, 7) is 1.00. The molecule has 2 aromatic carbocycles. The molecule has 0 bridgehead atoms. The summed E-state index contributed by atoms with van der Waals surface area (Å²) in [5.74, 6) is -8.13. The molecular formula is C17H8BrF10. The highest BCUT2D eigenvalue weighted by atomic mass is 79.9. The van der Waals surface area contributed by atoms with E-state index in [-0.39, 0.29) is 11.6 Å². The number of benzene rings is 2. The predicted molar refractivity (Wildman–Crippen MR) is 83.0 cm³/mol. The van der Waals surface area contributed by atoms with Crippen LogP contribution in [0, 0.1) is 18.8 Å². The van der Waals surface area contributed by atoms with Gasteiger partial charge in [-0.3, -0.25) is 0 Å². The highest BCUT2D eigenvalue weighted by molar-refractivity contribution is 9.10. The summed E-state index contributed by atoms with van der Waals surface area (Å²) in [4.78, 5) is 0. The maximum Gasteiger partial charge on any atom is 0.457 e. The molecule has 1 atom stereocenters. The molecule has 0 amide bonds. The minimum atomic E-state index is -6.89. The molecule has 0 fully saturated rings. The zero-order chi connectivity index (χ0) is 21.7. The minimum Gasteiger partial charge on any atom is -0.221 e. The van der Waals surface area contributed by atoms with Gasteiger partial charge in [0.15, 0.2) is 0 Å². The average Bonchev–Trinajstić information content (AvgIpc) is 2.52. The van der Waals surface area contributed by atoms with Crippen LogP contribution in [0.1, 0.15) is 11.1 Å². The van der Waals surface area contributed by atoms with Crippen molar-refractivity contribution in [2.24, 2.45) is 0 Å². The largest absolute Gasteiger partial charge is 0.457 e. The van der Waals surface area contributed by atoms with Gasteiger partial charge in [0.25, 0.3) is 0 Å². The Labute approximate surface area is 160 Å². The number of hydrogen-bond donors (Lipinski definition) is 0. The topological polar surface area (TPSA) is 0 Å². The van der Waals surface area contributed by atoms with Crippen LogP contribution in [0.2, 0.25) is 0 Å². The molecule has 0 aliphatic carbocycles. The molecule has 0 aromatic heterocycles. The Kier molecular flexibility index (Phi) is 5.57. The lowest BCUT2D eigenvalue weighted by Gasteiger charge is -2.37. The van der Waals surface area contributed by atoms with Crippen LogP contribution < -0.4 is 0 Å². The number of hydrogen-bond acceptors (Lipinski definition) is 0. The normalized spacial score (nSPS) is 15.4. The van der Waals surface area contributed by atoms with Crippen molar-refractivity contribution in [3.05, 3.63) is 57.8 Å². The highest BCUT2D eigenvalue weighted by Gasteiger charge is 2.82. The number of alkyl halides is 9. The maximum absolute atomic E-state index is 15.0. The second kappa shape index (κ2) is 6.93. The summed E-state index contributed by atoms with van der Waals surface area (Å²) in [5.41, 5.74) is -10.6. The van der Waals surface area contributed by atoms with Gasteiger partial charge in [-0.15, -0.1) is 0 Å². The van der Waals surface area contributed by atoms with E-state index in [9.17, 15) is 43.9 Å². The van der Waals surface area contributed by atoms with Crippen molar-refractivity contribution in [3.63, 3.8) is 0 Å². The van der Waals surface area contributed by atoms with Crippen molar-refractivity contribution in [1.82, 2.24) is 0 Å². The van der Waals surface area contributed by atoms with Crippen LogP contribution in [-0.2, 0) is 5.67 Å². The quantitative estimate of drug-likeness (QED) is 0.404. The highest BCUT2D eigenvalue weighted by Crippen LogP contribution is 2.60. The van der Waals surface area contributed by atoms with Crippen LogP contribution in [-0.4, -0.2) is 18.3 Å². The van der Waals surface area contributed by atoms with E-state index in [0.29, 0.717) is 0 Å². The van der Waals surface area contributed by atoms with Gasteiger partial charge in [0.2, 0.25) is 0 Å². The lowest BCUT2D eigenvalue weighted by atomic mass is 9.82. The molecule has 153 valence electrons. The second-order valence-electron chi connectivity index (χ2n) is 5.76. The number of halogens is 11. The summed E-state index contributed by atoms with van der Waals surface area (Å²) in [6.07, 6.45) is -13.6. The first-order valence-corrected chi connectivity index (χ1v) is 8.03. The number of aryl methyl sites for hydroxylation is 1. The molecule has 11 heteroatoms. The van der Waals surface area contributed by atoms with E-state index in [2.05, 4.69) is 22.0 Å². The lowest BCUT2D eigenvalue weighted by molar-refractivity contribution is -0.389. The van der Waals surface area contributed by atoms with Gasteiger partial charge >= 0.3 is 23.9 Å². The molecular weight excluding hydrogens is 474 g/mol. The molecule has 2 rings (SSSR count). The third-order valence-electron chi connectivity index (χ3n) is 3.85. The Balaban J connectivity index is 3.04. The Morgan fingerprint density at radius 1 is 0.857 bits per heavy atom. The molecule has 28 heavy (non-hydrogen) atoms. The van der Waals surface area contributed by atoms with Crippen LogP contribution in [0.15, 0.2) is 34.8 Å². The van der Waals surface area contributed by atoms with Crippen LogP contribution >= 0.6 is 15.9 Å². The van der Waals surface area contributed by atoms with Crippen LogP contribution in [0.4, 0.5) is 43.9 Å². The van der Waals surface area contributed by atoms with Gasteiger partial charge in [0.05, 0.1) is 0 Å². The van der Waals surface area contributed by atoms with Crippen LogP contribution in [0.3, 0.4) is 0 Å². The summed E-state index contributed by atoms with van der Waals surface area (Å²) in [7, 11) is 0. The zero-order valence-electron chi connectivity index (χ0n) is 13.5. The minimum absolute atomic E-state index is 0.139. The molecule has 2 aromatic rings. The first-order chi connectivity index (χ1) is 12.6. The summed E-state index contributed by atoms with van der Waals surface area (Å²) < 4.78 is 135. The molecule has 0 aliphatic heterocycles. The third kappa shape index (κ3) is 3.37. The summed E-state index contributed by atoms with van der Waals surface area (Å²) >= 11 is 2.66. The molecule has 0 nitrogen and oxygen atoms in total. The van der Waals surface area contributed by atoms with Crippen molar-refractivity contribution < 1.29 is 43.9 Å². The molecule has 0 saturated heterocycles. The van der Waals surface area contributed by atoms with Gasteiger partial charge in [-0.05, 0) is 34.5 Å². The monoisotopic (exact) mass is 481 g/mol. The van der Waals surface area contributed by atoms with Crippen LogP contribution in [0.5, 0.6) is 0 Å². The first kappa shape index (κ1) is 22.5. The average molecular weight is 482 g/mol. The zero-order valence-corrected chi connectivity index (χ0v) is 15.1. The van der Waals surface area contributed by atoms with E-state index in [1.165, 1.54) is 0 Å². The molecule has 1 radical (unpaired) electrons. The van der Waals surface area contributed by atoms with Gasteiger partial charge in [-0.2, -0.15) is 35.1 Å². The van der Waals surface area contributed by atoms with Gasteiger partial charge in [0, 0.05) is 27.2 Å². The van der Waals surface area contributed by atoms with E-state index in [4.69, 9.17) is 0 Å². The maximum atomic E-state index is 15.0. The molecule has 0 spiro atoms. The van der Waals surface area contributed by atoms with Crippen molar-refractivity contribution in [2.75, 3.05) is 0 Å². The predicted octanol–water partition coefficient (Wildman–Crippen LogP) is 7.29. The van der Waals surface area contributed by atoms with Gasteiger partial charge in [0.1, 0.15) is 5.82 Å². The Bertz CT molecular complexity index is 884. The van der Waals surface area contributed by atoms with Gasteiger partial charge in [-0.1, -0.05) is 24.3 Å². The lowest BCUT2D eigenvalue weighted by Crippen LogP contribution is -2.60. The first-order valence-electron chi connectivity index (χ1n) is 7.23. The van der Waals surface area contributed by atoms with E-state index >= 15 is 0 Å². The van der Waals surface area contributed by atoms with Crippen molar-refractivity contribution in [3.8, 4) is 11.1 Å². The Hall–Kier alpha value is -1.78. The van der Waals surface area contributed by atoms with E-state index in [1.807, 2.05) is 0 Å². The molecule has 0 aliphatic rings. The van der Waals surface area contributed by atoms with Gasteiger partial charge < -0.3 is 0 Å². The molecule has 1 unspecified atom stereocenters. The van der Waals surface area contributed by atoms with E-state index < -0.39 is 50.9 Å². The Morgan fingerprint density at radius 2 is 1.39 bits per heavy atom. The fourth-order valence-electron chi connectivity index (χ4n) is 2.57.